The van der Waals surface area contributed by atoms with Gasteiger partial charge in [-0.3, -0.25) is 0 Å². The Bertz CT molecular complexity index is 415. The van der Waals surface area contributed by atoms with E-state index in [0.29, 0.717) is 11.5 Å². The Morgan fingerprint density at radius 3 is 2.33 bits per heavy atom. The summed E-state index contributed by atoms with van der Waals surface area (Å²) in [4.78, 5) is 0. The molecule has 1 nitrogen and oxygen atoms in total. The van der Waals surface area contributed by atoms with E-state index in [-0.39, 0.29) is 11.2 Å². The van der Waals surface area contributed by atoms with Gasteiger partial charge in [0.05, 0.1) is 0 Å². The molecular formula is C16H24FN. The molecule has 0 amide bonds. The summed E-state index contributed by atoms with van der Waals surface area (Å²) in [6, 6.07) is 7.69. The zero-order valence-electron chi connectivity index (χ0n) is 11.9. The highest BCUT2D eigenvalue weighted by Crippen LogP contribution is 2.55. The molecule has 1 aromatic carbocycles. The Hall–Kier alpha value is -0.890. The predicted octanol–water partition coefficient (Wildman–Crippen LogP) is 3.88. The van der Waals surface area contributed by atoms with Gasteiger partial charge < -0.3 is 5.32 Å². The molecule has 1 fully saturated rings. The highest BCUT2D eigenvalue weighted by molar-refractivity contribution is 5.32. The molecule has 100 valence electrons. The molecule has 1 saturated carbocycles. The van der Waals surface area contributed by atoms with Gasteiger partial charge in [0.15, 0.2) is 0 Å². The second-order valence-electron chi connectivity index (χ2n) is 6.81. The minimum absolute atomic E-state index is 0.0148. The second kappa shape index (κ2) is 4.65. The van der Waals surface area contributed by atoms with Crippen molar-refractivity contribution in [2.75, 3.05) is 6.54 Å². The van der Waals surface area contributed by atoms with E-state index in [1.165, 1.54) is 0 Å². The van der Waals surface area contributed by atoms with Gasteiger partial charge in [-0.25, -0.2) is 4.39 Å². The van der Waals surface area contributed by atoms with Crippen LogP contribution in [-0.4, -0.2) is 12.6 Å². The van der Waals surface area contributed by atoms with Crippen LogP contribution in [0.4, 0.5) is 4.39 Å². The van der Waals surface area contributed by atoms with E-state index in [9.17, 15) is 4.39 Å². The zero-order chi connectivity index (χ0) is 13.4. The summed E-state index contributed by atoms with van der Waals surface area (Å²) >= 11 is 0. The monoisotopic (exact) mass is 249 g/mol. The average molecular weight is 249 g/mol. The highest BCUT2D eigenvalue weighted by Gasteiger charge is 2.50. The fourth-order valence-corrected chi connectivity index (χ4v) is 3.48. The van der Waals surface area contributed by atoms with E-state index in [1.807, 2.05) is 12.1 Å². The smallest absolute Gasteiger partial charge is 0.127 e. The molecule has 1 N–H and O–H groups in total. The Morgan fingerprint density at radius 2 is 1.83 bits per heavy atom. The van der Waals surface area contributed by atoms with Crippen LogP contribution in [0.3, 0.4) is 0 Å². The number of nitrogens with one attached hydrogen (secondary N) is 1. The van der Waals surface area contributed by atoms with E-state index < -0.39 is 0 Å². The first-order valence-electron chi connectivity index (χ1n) is 6.83. The fraction of sp³-hybridized carbons (Fsp3) is 0.625. The summed E-state index contributed by atoms with van der Waals surface area (Å²) in [7, 11) is 0. The summed E-state index contributed by atoms with van der Waals surface area (Å²) in [5.74, 6) is -0.0569. The molecule has 0 heterocycles. The van der Waals surface area contributed by atoms with Crippen LogP contribution in [0.1, 0.15) is 46.1 Å². The molecule has 18 heavy (non-hydrogen) atoms. The van der Waals surface area contributed by atoms with Crippen LogP contribution in [0, 0.1) is 11.2 Å². The van der Waals surface area contributed by atoms with Crippen molar-refractivity contribution in [1.29, 1.82) is 0 Å². The first-order valence-corrected chi connectivity index (χ1v) is 6.83. The molecule has 2 heteroatoms. The summed E-state index contributed by atoms with van der Waals surface area (Å²) < 4.78 is 14.1. The largest absolute Gasteiger partial charge is 0.314 e. The molecule has 0 radical (unpaired) electrons. The maximum absolute atomic E-state index is 14.1. The Morgan fingerprint density at radius 1 is 1.22 bits per heavy atom. The summed E-state index contributed by atoms with van der Waals surface area (Å²) in [6.07, 6.45) is 2.11. The van der Waals surface area contributed by atoms with Gasteiger partial charge in [-0.05, 0) is 29.9 Å². The Kier molecular flexibility index (Phi) is 3.50. The van der Waals surface area contributed by atoms with Crippen LogP contribution < -0.4 is 5.32 Å². The molecule has 1 aromatic rings. The molecule has 0 atom stereocenters. The average Bonchev–Trinajstić information content (AvgIpc) is 2.23. The molecule has 0 aliphatic heterocycles. The lowest BCUT2D eigenvalue weighted by Gasteiger charge is -2.54. The van der Waals surface area contributed by atoms with Gasteiger partial charge >= 0.3 is 0 Å². The maximum atomic E-state index is 14.1. The Labute approximate surface area is 110 Å². The molecule has 0 spiro atoms. The van der Waals surface area contributed by atoms with Gasteiger partial charge in [0.2, 0.25) is 0 Å². The van der Waals surface area contributed by atoms with Crippen LogP contribution in [0.5, 0.6) is 0 Å². The number of rotatable bonds is 4. The third kappa shape index (κ3) is 2.59. The van der Waals surface area contributed by atoms with Crippen molar-refractivity contribution in [3.8, 4) is 0 Å². The SMILES string of the molecule is CC(C)NCC1(c2ccccc2F)CC(C)(C)C1. The number of halogens is 1. The fourth-order valence-electron chi connectivity index (χ4n) is 3.48. The lowest BCUT2D eigenvalue weighted by atomic mass is 9.51. The van der Waals surface area contributed by atoms with Crippen molar-refractivity contribution in [2.24, 2.45) is 5.41 Å². The summed E-state index contributed by atoms with van der Waals surface area (Å²) in [5.41, 5.74) is 1.21. The van der Waals surface area contributed by atoms with Gasteiger partial charge in [-0.15, -0.1) is 0 Å². The Balaban J connectivity index is 2.24. The van der Waals surface area contributed by atoms with Gasteiger partial charge in [-0.2, -0.15) is 0 Å². The molecule has 1 aliphatic carbocycles. The van der Waals surface area contributed by atoms with Crippen molar-refractivity contribution in [3.05, 3.63) is 35.6 Å². The lowest BCUT2D eigenvalue weighted by Crippen LogP contribution is -2.53. The first-order chi connectivity index (χ1) is 8.35. The third-order valence-corrected chi connectivity index (χ3v) is 3.93. The third-order valence-electron chi connectivity index (χ3n) is 3.93. The second-order valence-corrected chi connectivity index (χ2v) is 6.81. The molecule has 1 aliphatic rings. The van der Waals surface area contributed by atoms with Crippen LogP contribution in [0.2, 0.25) is 0 Å². The van der Waals surface area contributed by atoms with E-state index in [1.54, 1.807) is 12.1 Å². The van der Waals surface area contributed by atoms with E-state index in [4.69, 9.17) is 0 Å². The van der Waals surface area contributed by atoms with Crippen LogP contribution in [-0.2, 0) is 5.41 Å². The standard InChI is InChI=1S/C16H24FN/c1-12(2)18-11-16(9-15(3,4)10-16)13-7-5-6-8-14(13)17/h5-8,12,18H,9-11H2,1-4H3. The van der Waals surface area contributed by atoms with Crippen LogP contribution in [0.25, 0.3) is 0 Å². The predicted molar refractivity (Wildman–Crippen MR) is 74.2 cm³/mol. The molecule has 2 rings (SSSR count). The number of hydrogen-bond donors (Lipinski definition) is 1. The quantitative estimate of drug-likeness (QED) is 0.854. The number of benzene rings is 1. The topological polar surface area (TPSA) is 12.0 Å². The summed E-state index contributed by atoms with van der Waals surface area (Å²) in [5, 5.41) is 3.49. The van der Waals surface area contributed by atoms with Crippen molar-refractivity contribution in [3.63, 3.8) is 0 Å². The molecule has 0 aromatic heterocycles. The van der Waals surface area contributed by atoms with Gasteiger partial charge in [-0.1, -0.05) is 45.9 Å². The van der Waals surface area contributed by atoms with E-state index in [2.05, 4.69) is 33.0 Å². The minimum Gasteiger partial charge on any atom is -0.314 e. The molecule has 0 unspecified atom stereocenters. The van der Waals surface area contributed by atoms with Crippen molar-refractivity contribution < 1.29 is 4.39 Å². The van der Waals surface area contributed by atoms with Crippen molar-refractivity contribution in [1.82, 2.24) is 5.32 Å². The molecular weight excluding hydrogens is 225 g/mol. The maximum Gasteiger partial charge on any atom is 0.127 e. The molecule has 0 bridgehead atoms. The van der Waals surface area contributed by atoms with E-state index in [0.717, 1.165) is 24.9 Å². The first kappa shape index (κ1) is 13.5. The highest BCUT2D eigenvalue weighted by atomic mass is 19.1. The summed E-state index contributed by atoms with van der Waals surface area (Å²) in [6.45, 7) is 9.68. The minimum atomic E-state index is -0.0569. The lowest BCUT2D eigenvalue weighted by molar-refractivity contribution is 0.0520. The van der Waals surface area contributed by atoms with Crippen molar-refractivity contribution in [2.45, 2.75) is 52.0 Å². The van der Waals surface area contributed by atoms with E-state index >= 15 is 0 Å². The van der Waals surface area contributed by atoms with Gasteiger partial charge in [0, 0.05) is 18.0 Å². The van der Waals surface area contributed by atoms with Gasteiger partial charge in [0.25, 0.3) is 0 Å². The normalized spacial score (nSPS) is 20.8. The molecule has 0 saturated heterocycles. The zero-order valence-corrected chi connectivity index (χ0v) is 11.9. The van der Waals surface area contributed by atoms with Crippen LogP contribution in [0.15, 0.2) is 24.3 Å². The van der Waals surface area contributed by atoms with Crippen molar-refractivity contribution >= 4 is 0 Å². The number of hydrogen-bond acceptors (Lipinski definition) is 1. The van der Waals surface area contributed by atoms with Gasteiger partial charge in [0.1, 0.15) is 5.82 Å². The van der Waals surface area contributed by atoms with Crippen LogP contribution >= 0.6 is 0 Å².